The topological polar surface area (TPSA) is 165 Å². The number of carboxylic acids is 1. The summed E-state index contributed by atoms with van der Waals surface area (Å²) in [5.74, 6) is -2.70. The molecule has 0 bridgehead atoms. The van der Waals surface area contributed by atoms with Gasteiger partial charge in [-0.15, -0.1) is 0 Å². The van der Waals surface area contributed by atoms with Crippen LogP contribution in [0.25, 0.3) is 0 Å². The van der Waals surface area contributed by atoms with Gasteiger partial charge in [-0.05, 0) is 31.1 Å². The van der Waals surface area contributed by atoms with E-state index in [2.05, 4.69) is 10.6 Å². The van der Waals surface area contributed by atoms with Crippen molar-refractivity contribution in [3.05, 3.63) is 0 Å². The molecule has 0 radical (unpaired) electrons. The summed E-state index contributed by atoms with van der Waals surface area (Å²) in [4.78, 5) is 46.8. The Labute approximate surface area is 154 Å². The van der Waals surface area contributed by atoms with Crippen LogP contribution in [0, 0.1) is 11.8 Å². The van der Waals surface area contributed by atoms with Gasteiger partial charge in [0.25, 0.3) is 0 Å². The fourth-order valence-electron chi connectivity index (χ4n) is 2.41. The lowest BCUT2D eigenvalue weighted by atomic mass is 10.00. The van der Waals surface area contributed by atoms with E-state index in [1.54, 1.807) is 0 Å². The Morgan fingerprint density at radius 3 is 1.81 bits per heavy atom. The highest BCUT2D eigenvalue weighted by Gasteiger charge is 2.28. The summed E-state index contributed by atoms with van der Waals surface area (Å²) in [6.07, 6.45) is 0.510. The van der Waals surface area contributed by atoms with Gasteiger partial charge >= 0.3 is 5.97 Å². The van der Waals surface area contributed by atoms with Crippen LogP contribution in [0.15, 0.2) is 0 Å². The molecule has 9 nitrogen and oxygen atoms in total. The third kappa shape index (κ3) is 9.97. The first kappa shape index (κ1) is 23.8. The number of carboxylic acid groups (broad SMARTS) is 1. The van der Waals surface area contributed by atoms with Crippen LogP contribution in [0.5, 0.6) is 0 Å². The zero-order valence-electron chi connectivity index (χ0n) is 16.0. The fraction of sp³-hybridized carbons (Fsp3) is 0.765. The van der Waals surface area contributed by atoms with Crippen molar-refractivity contribution < 1.29 is 24.3 Å². The maximum Gasteiger partial charge on any atom is 0.326 e. The van der Waals surface area contributed by atoms with E-state index in [0.717, 1.165) is 0 Å². The van der Waals surface area contributed by atoms with E-state index < -0.39 is 41.8 Å². The van der Waals surface area contributed by atoms with E-state index in [4.69, 9.17) is 11.5 Å². The first-order chi connectivity index (χ1) is 11.9. The number of carbonyl (C=O) groups is 4. The first-order valence-electron chi connectivity index (χ1n) is 8.81. The van der Waals surface area contributed by atoms with Crippen molar-refractivity contribution in [2.24, 2.45) is 23.3 Å². The molecule has 0 aromatic rings. The van der Waals surface area contributed by atoms with Crippen LogP contribution in [0.3, 0.4) is 0 Å². The van der Waals surface area contributed by atoms with Gasteiger partial charge < -0.3 is 27.2 Å². The molecule has 26 heavy (non-hydrogen) atoms. The lowest BCUT2D eigenvalue weighted by Crippen LogP contribution is -2.55. The molecule has 0 fully saturated rings. The highest BCUT2D eigenvalue weighted by molar-refractivity contribution is 5.91. The molecule has 0 aromatic heterocycles. The molecular weight excluding hydrogens is 340 g/mol. The molecule has 0 unspecified atom stereocenters. The van der Waals surface area contributed by atoms with Crippen LogP contribution >= 0.6 is 0 Å². The molecule has 7 N–H and O–H groups in total. The summed E-state index contributed by atoms with van der Waals surface area (Å²) >= 11 is 0. The van der Waals surface area contributed by atoms with Gasteiger partial charge in [0.1, 0.15) is 12.1 Å². The second-order valence-corrected chi connectivity index (χ2v) is 7.33. The Morgan fingerprint density at radius 2 is 1.38 bits per heavy atom. The third-order valence-corrected chi connectivity index (χ3v) is 3.70. The largest absolute Gasteiger partial charge is 0.480 e. The molecule has 0 aromatic carbocycles. The zero-order valence-corrected chi connectivity index (χ0v) is 16.0. The number of hydrogen-bond donors (Lipinski definition) is 5. The second-order valence-electron chi connectivity index (χ2n) is 7.33. The zero-order chi connectivity index (χ0) is 20.4. The minimum atomic E-state index is -1.27. The van der Waals surface area contributed by atoms with Crippen LogP contribution in [0.2, 0.25) is 0 Å². The smallest absolute Gasteiger partial charge is 0.326 e. The van der Waals surface area contributed by atoms with Crippen LogP contribution in [0.4, 0.5) is 0 Å². The van der Waals surface area contributed by atoms with Crippen molar-refractivity contribution in [1.82, 2.24) is 10.6 Å². The normalized spacial score (nSPS) is 14.6. The van der Waals surface area contributed by atoms with Crippen molar-refractivity contribution in [2.75, 3.05) is 0 Å². The fourth-order valence-corrected chi connectivity index (χ4v) is 2.41. The van der Waals surface area contributed by atoms with Gasteiger partial charge in [-0.3, -0.25) is 14.4 Å². The van der Waals surface area contributed by atoms with Crippen LogP contribution < -0.4 is 22.1 Å². The number of rotatable bonds is 12. The molecular formula is C17H32N4O5. The molecule has 0 aliphatic rings. The molecule has 150 valence electrons. The molecule has 0 aliphatic carbocycles. The molecule has 9 heteroatoms. The predicted octanol–water partition coefficient (Wildman–Crippen LogP) is -0.274. The first-order valence-corrected chi connectivity index (χ1v) is 8.81. The van der Waals surface area contributed by atoms with Crippen LogP contribution in [0.1, 0.15) is 53.4 Å². The second kappa shape index (κ2) is 11.5. The highest BCUT2D eigenvalue weighted by atomic mass is 16.4. The molecule has 3 amide bonds. The summed E-state index contributed by atoms with van der Waals surface area (Å²) < 4.78 is 0. The average Bonchev–Trinajstić information content (AvgIpc) is 2.48. The summed E-state index contributed by atoms with van der Waals surface area (Å²) in [5, 5.41) is 14.2. The Bertz CT molecular complexity index is 507. The molecule has 0 spiro atoms. The van der Waals surface area contributed by atoms with Crippen molar-refractivity contribution in [2.45, 2.75) is 71.5 Å². The maximum atomic E-state index is 12.5. The lowest BCUT2D eigenvalue weighted by Gasteiger charge is -2.24. The standard InChI is InChI=1S/C17H32N4O5/c1-9(2)7-11(18)15(23)21-13(8-10(3)4)16(24)20-12(17(25)26)5-6-14(19)22/h9-13H,5-8,18H2,1-4H3,(H2,19,22)(H,20,24)(H,21,23)(H,25,26)/t11-,12-,13-/m0/s1. The van der Waals surface area contributed by atoms with Crippen molar-refractivity contribution in [3.63, 3.8) is 0 Å². The molecule has 0 aliphatic heterocycles. The third-order valence-electron chi connectivity index (χ3n) is 3.70. The van der Waals surface area contributed by atoms with Gasteiger partial charge in [0.05, 0.1) is 6.04 Å². The number of amides is 3. The quantitative estimate of drug-likeness (QED) is 0.316. The van der Waals surface area contributed by atoms with Crippen molar-refractivity contribution in [1.29, 1.82) is 0 Å². The van der Waals surface area contributed by atoms with Crippen LogP contribution in [-0.4, -0.2) is 46.9 Å². The van der Waals surface area contributed by atoms with Gasteiger partial charge in [-0.25, -0.2) is 4.79 Å². The van der Waals surface area contributed by atoms with E-state index in [9.17, 15) is 24.3 Å². The summed E-state index contributed by atoms with van der Waals surface area (Å²) in [5.41, 5.74) is 10.9. The number of nitrogens with one attached hydrogen (secondary N) is 2. The monoisotopic (exact) mass is 372 g/mol. The summed E-state index contributed by atoms with van der Waals surface area (Å²) in [7, 11) is 0. The van der Waals surface area contributed by atoms with Gasteiger partial charge in [0.15, 0.2) is 0 Å². The van der Waals surface area contributed by atoms with E-state index in [-0.39, 0.29) is 24.7 Å². The minimum Gasteiger partial charge on any atom is -0.480 e. The maximum absolute atomic E-state index is 12.5. The lowest BCUT2D eigenvalue weighted by molar-refractivity contribution is -0.142. The van der Waals surface area contributed by atoms with Crippen LogP contribution in [-0.2, 0) is 19.2 Å². The van der Waals surface area contributed by atoms with E-state index in [1.807, 2.05) is 27.7 Å². The van der Waals surface area contributed by atoms with Crippen molar-refractivity contribution in [3.8, 4) is 0 Å². The molecule has 0 rings (SSSR count). The Balaban J connectivity index is 5.02. The Morgan fingerprint density at radius 1 is 0.885 bits per heavy atom. The molecule has 3 atom stereocenters. The van der Waals surface area contributed by atoms with Gasteiger partial charge in [-0.1, -0.05) is 27.7 Å². The summed E-state index contributed by atoms with van der Waals surface area (Å²) in [6, 6.07) is -2.91. The van der Waals surface area contributed by atoms with Gasteiger partial charge in [-0.2, -0.15) is 0 Å². The Hall–Kier alpha value is -2.16. The minimum absolute atomic E-state index is 0.0845. The number of carbonyl (C=O) groups excluding carboxylic acids is 3. The number of hydrogen-bond acceptors (Lipinski definition) is 5. The SMILES string of the molecule is CC(C)C[C@H](NC(=O)[C@@H](N)CC(C)C)C(=O)N[C@@H](CCC(N)=O)C(=O)O. The molecule has 0 saturated carbocycles. The average molecular weight is 372 g/mol. The molecule has 0 saturated heterocycles. The highest BCUT2D eigenvalue weighted by Crippen LogP contribution is 2.08. The number of nitrogens with two attached hydrogens (primary N) is 2. The summed E-state index contributed by atoms with van der Waals surface area (Å²) in [6.45, 7) is 7.62. The number of primary amides is 1. The van der Waals surface area contributed by atoms with Gasteiger partial charge in [0.2, 0.25) is 17.7 Å². The van der Waals surface area contributed by atoms with E-state index in [0.29, 0.717) is 12.8 Å². The predicted molar refractivity (Wildman–Crippen MR) is 96.8 cm³/mol. The Kier molecular flexibility index (Phi) is 10.5. The van der Waals surface area contributed by atoms with E-state index in [1.165, 1.54) is 0 Å². The number of aliphatic carboxylic acids is 1. The van der Waals surface area contributed by atoms with E-state index >= 15 is 0 Å². The van der Waals surface area contributed by atoms with Gasteiger partial charge in [0, 0.05) is 6.42 Å². The molecule has 0 heterocycles. The van der Waals surface area contributed by atoms with Crippen molar-refractivity contribution >= 4 is 23.7 Å².